The number of benzene rings is 3. The highest BCUT2D eigenvalue weighted by Crippen LogP contribution is 2.26. The molecule has 0 saturated heterocycles. The number of carbonyl (C=O) groups excluding carboxylic acids is 1. The van der Waals surface area contributed by atoms with Crippen LogP contribution in [0.4, 0.5) is 16.2 Å². The minimum Gasteiger partial charge on any atom is -0.394 e. The van der Waals surface area contributed by atoms with E-state index < -0.39 is 6.04 Å². The fourth-order valence-electron chi connectivity index (χ4n) is 3.93. The second-order valence-electron chi connectivity index (χ2n) is 7.90. The molecular formula is C26H28N4O2. The van der Waals surface area contributed by atoms with E-state index in [1.807, 2.05) is 80.0 Å². The third kappa shape index (κ3) is 5.10. The van der Waals surface area contributed by atoms with E-state index in [-0.39, 0.29) is 12.6 Å². The van der Waals surface area contributed by atoms with Crippen LogP contribution >= 0.6 is 0 Å². The summed E-state index contributed by atoms with van der Waals surface area (Å²) in [4.78, 5) is 18.1. The number of H-pyrrole nitrogens is 1. The van der Waals surface area contributed by atoms with Gasteiger partial charge in [0.25, 0.3) is 0 Å². The molecule has 1 aromatic heterocycles. The molecule has 6 heteroatoms. The molecule has 0 bridgehead atoms. The number of para-hydroxylation sites is 3. The van der Waals surface area contributed by atoms with Crippen LogP contribution in [0.15, 0.2) is 85.1 Å². The van der Waals surface area contributed by atoms with Gasteiger partial charge in [-0.15, -0.1) is 0 Å². The molecule has 1 unspecified atom stereocenters. The smallest absolute Gasteiger partial charge is 0.319 e. The van der Waals surface area contributed by atoms with Gasteiger partial charge in [-0.05, 0) is 35.7 Å². The SMILES string of the molecule is CN(Cc1ccccc1)c1ccccc1NC(=O)NC(CO)Cc1c[nH]c2ccccc12. The van der Waals surface area contributed by atoms with E-state index in [4.69, 9.17) is 0 Å². The molecule has 0 fully saturated rings. The van der Waals surface area contributed by atoms with Gasteiger partial charge in [-0.25, -0.2) is 4.79 Å². The van der Waals surface area contributed by atoms with Crippen molar-refractivity contribution in [1.29, 1.82) is 0 Å². The van der Waals surface area contributed by atoms with E-state index in [9.17, 15) is 9.90 Å². The Hall–Kier alpha value is -3.77. The number of urea groups is 1. The largest absolute Gasteiger partial charge is 0.394 e. The topological polar surface area (TPSA) is 80.4 Å². The first-order chi connectivity index (χ1) is 15.6. The maximum absolute atomic E-state index is 12.7. The molecule has 4 N–H and O–H groups in total. The standard InChI is InChI=1S/C26H28N4O2/c1-30(17-19-9-3-2-4-10-19)25-14-8-7-13-24(25)29-26(32)28-21(18-31)15-20-16-27-23-12-6-5-11-22(20)23/h2-14,16,21,27,31H,15,17-18H2,1H3,(H2,28,29,32). The monoisotopic (exact) mass is 428 g/mol. The highest BCUT2D eigenvalue weighted by Gasteiger charge is 2.16. The van der Waals surface area contributed by atoms with E-state index >= 15 is 0 Å². The summed E-state index contributed by atoms with van der Waals surface area (Å²) in [7, 11) is 2.00. The predicted octanol–water partition coefficient (Wildman–Crippen LogP) is 4.53. The molecule has 6 nitrogen and oxygen atoms in total. The Morgan fingerprint density at radius 2 is 1.72 bits per heavy atom. The van der Waals surface area contributed by atoms with Crippen molar-refractivity contribution in [2.75, 3.05) is 23.9 Å². The maximum Gasteiger partial charge on any atom is 0.319 e. The first-order valence-corrected chi connectivity index (χ1v) is 10.7. The number of hydrogen-bond acceptors (Lipinski definition) is 3. The fourth-order valence-corrected chi connectivity index (χ4v) is 3.93. The summed E-state index contributed by atoms with van der Waals surface area (Å²) in [5.41, 5.74) is 4.92. The number of rotatable bonds is 8. The molecule has 32 heavy (non-hydrogen) atoms. The van der Waals surface area contributed by atoms with Gasteiger partial charge in [0, 0.05) is 30.7 Å². The van der Waals surface area contributed by atoms with Gasteiger partial charge in [-0.3, -0.25) is 0 Å². The van der Waals surface area contributed by atoms with Crippen molar-refractivity contribution in [3.05, 3.63) is 96.2 Å². The zero-order chi connectivity index (χ0) is 22.3. The van der Waals surface area contributed by atoms with Gasteiger partial charge in [0.05, 0.1) is 24.0 Å². The Labute approximate surface area is 187 Å². The molecule has 0 aliphatic heterocycles. The molecule has 0 aliphatic carbocycles. The number of hydrogen-bond donors (Lipinski definition) is 4. The molecule has 3 aromatic carbocycles. The number of aromatic nitrogens is 1. The van der Waals surface area contributed by atoms with Crippen molar-refractivity contribution in [1.82, 2.24) is 10.3 Å². The first kappa shape index (κ1) is 21.5. The Morgan fingerprint density at radius 1 is 1.00 bits per heavy atom. The van der Waals surface area contributed by atoms with Crippen LogP contribution in [-0.2, 0) is 13.0 Å². The molecular weight excluding hydrogens is 400 g/mol. The molecule has 164 valence electrons. The van der Waals surface area contributed by atoms with Crippen LogP contribution < -0.4 is 15.5 Å². The minimum absolute atomic E-state index is 0.150. The van der Waals surface area contributed by atoms with Crippen molar-refractivity contribution in [2.24, 2.45) is 0 Å². The molecule has 4 aromatic rings. The van der Waals surface area contributed by atoms with Crippen molar-refractivity contribution < 1.29 is 9.90 Å². The van der Waals surface area contributed by atoms with Crippen molar-refractivity contribution in [2.45, 2.75) is 19.0 Å². The number of amides is 2. The van der Waals surface area contributed by atoms with E-state index in [0.29, 0.717) is 12.1 Å². The molecule has 4 rings (SSSR count). The van der Waals surface area contributed by atoms with Crippen LogP contribution in [0.25, 0.3) is 10.9 Å². The summed E-state index contributed by atoms with van der Waals surface area (Å²) in [5.74, 6) is 0. The van der Waals surface area contributed by atoms with Crippen LogP contribution in [0.2, 0.25) is 0 Å². The molecule has 1 atom stereocenters. The van der Waals surface area contributed by atoms with Crippen LogP contribution in [0.3, 0.4) is 0 Å². The molecule has 0 aliphatic rings. The van der Waals surface area contributed by atoms with Gasteiger partial charge in [-0.1, -0.05) is 60.7 Å². The zero-order valence-electron chi connectivity index (χ0n) is 18.1. The van der Waals surface area contributed by atoms with Crippen molar-refractivity contribution >= 4 is 28.3 Å². The van der Waals surface area contributed by atoms with Gasteiger partial charge in [0.1, 0.15) is 0 Å². The molecule has 0 radical (unpaired) electrons. The second kappa shape index (κ2) is 10.0. The average molecular weight is 429 g/mol. The van der Waals surface area contributed by atoms with Crippen molar-refractivity contribution in [3.8, 4) is 0 Å². The highest BCUT2D eigenvalue weighted by atomic mass is 16.3. The fraction of sp³-hybridized carbons (Fsp3) is 0.192. The lowest BCUT2D eigenvalue weighted by molar-refractivity contribution is 0.224. The van der Waals surface area contributed by atoms with Gasteiger partial charge >= 0.3 is 6.03 Å². The number of nitrogens with one attached hydrogen (secondary N) is 3. The summed E-state index contributed by atoms with van der Waals surface area (Å²) in [6.45, 7) is 0.573. The van der Waals surface area contributed by atoms with E-state index in [0.717, 1.165) is 28.7 Å². The predicted molar refractivity (Wildman–Crippen MR) is 130 cm³/mol. The quantitative estimate of drug-likeness (QED) is 0.333. The van der Waals surface area contributed by atoms with Crippen LogP contribution in [0, 0.1) is 0 Å². The lowest BCUT2D eigenvalue weighted by atomic mass is 10.1. The Balaban J connectivity index is 1.42. The summed E-state index contributed by atoms with van der Waals surface area (Å²) >= 11 is 0. The number of aliphatic hydroxyl groups is 1. The lowest BCUT2D eigenvalue weighted by Crippen LogP contribution is -2.41. The maximum atomic E-state index is 12.7. The molecule has 1 heterocycles. The summed E-state index contributed by atoms with van der Waals surface area (Å²) in [6, 6.07) is 25.2. The van der Waals surface area contributed by atoms with Gasteiger partial charge < -0.3 is 25.6 Å². The first-order valence-electron chi connectivity index (χ1n) is 10.7. The van der Waals surface area contributed by atoms with E-state index in [1.165, 1.54) is 5.56 Å². The van der Waals surface area contributed by atoms with Crippen LogP contribution in [0.5, 0.6) is 0 Å². The average Bonchev–Trinajstić information content (AvgIpc) is 3.22. The number of aromatic amines is 1. The summed E-state index contributed by atoms with van der Waals surface area (Å²) < 4.78 is 0. The van der Waals surface area contributed by atoms with Gasteiger partial charge in [0.15, 0.2) is 0 Å². The van der Waals surface area contributed by atoms with Crippen molar-refractivity contribution in [3.63, 3.8) is 0 Å². The zero-order valence-corrected chi connectivity index (χ0v) is 18.1. The van der Waals surface area contributed by atoms with E-state index in [2.05, 4.69) is 32.7 Å². The third-order valence-corrected chi connectivity index (χ3v) is 5.52. The lowest BCUT2D eigenvalue weighted by Gasteiger charge is -2.23. The van der Waals surface area contributed by atoms with Gasteiger partial charge in [0.2, 0.25) is 0 Å². The Bertz CT molecular complexity index is 1170. The summed E-state index contributed by atoms with van der Waals surface area (Å²) in [6.07, 6.45) is 2.46. The number of carbonyl (C=O) groups is 1. The molecule has 2 amide bonds. The number of fused-ring (bicyclic) bond motifs is 1. The number of anilines is 2. The minimum atomic E-state index is -0.400. The van der Waals surface area contributed by atoms with Crippen LogP contribution in [0.1, 0.15) is 11.1 Å². The normalized spacial score (nSPS) is 11.8. The van der Waals surface area contributed by atoms with E-state index in [1.54, 1.807) is 0 Å². The van der Waals surface area contributed by atoms with Gasteiger partial charge in [-0.2, -0.15) is 0 Å². The number of aliphatic hydroxyl groups excluding tert-OH is 1. The number of nitrogens with zero attached hydrogens (tertiary/aromatic N) is 1. The third-order valence-electron chi connectivity index (χ3n) is 5.52. The Morgan fingerprint density at radius 3 is 2.53 bits per heavy atom. The highest BCUT2D eigenvalue weighted by molar-refractivity contribution is 5.93. The summed E-state index contributed by atoms with van der Waals surface area (Å²) in [5, 5.41) is 16.8. The second-order valence-corrected chi connectivity index (χ2v) is 7.90. The molecule has 0 saturated carbocycles. The van der Waals surface area contributed by atoms with Crippen LogP contribution in [-0.4, -0.2) is 35.8 Å². The Kier molecular flexibility index (Phi) is 6.72. The molecule has 0 spiro atoms.